The number of nitrogens with one attached hydrogen (secondary N) is 1. The number of aromatic nitrogens is 2. The van der Waals surface area contributed by atoms with Crippen LogP contribution >= 0.6 is 11.6 Å². The summed E-state index contributed by atoms with van der Waals surface area (Å²) in [5, 5.41) is 0.737. The smallest absolute Gasteiger partial charge is 0.146 e. The number of H-pyrrole nitrogens is 1. The minimum Gasteiger partial charge on any atom is -0.486 e. The summed E-state index contributed by atoms with van der Waals surface area (Å²) < 4.78 is 5.59. The second kappa shape index (κ2) is 5.21. The maximum Gasteiger partial charge on any atom is 0.146 e. The number of benzene rings is 1. The molecule has 4 nitrogen and oxygen atoms in total. The minimum absolute atomic E-state index is 0.390. The lowest BCUT2D eigenvalue weighted by Gasteiger charge is -2.06. The summed E-state index contributed by atoms with van der Waals surface area (Å²) >= 11 is 5.93. The van der Waals surface area contributed by atoms with Gasteiger partial charge in [0.1, 0.15) is 18.2 Å². The number of ether oxygens (including phenoxy) is 1. The van der Waals surface area contributed by atoms with Crippen LogP contribution in [0.3, 0.4) is 0 Å². The van der Waals surface area contributed by atoms with Crippen molar-refractivity contribution in [1.29, 1.82) is 0 Å². The number of aromatic amines is 1. The lowest BCUT2D eigenvalue weighted by molar-refractivity contribution is 0.297. The van der Waals surface area contributed by atoms with E-state index >= 15 is 0 Å². The van der Waals surface area contributed by atoms with E-state index in [9.17, 15) is 0 Å². The average Bonchev–Trinajstić information content (AvgIpc) is 2.79. The molecule has 0 aliphatic carbocycles. The van der Waals surface area contributed by atoms with Crippen LogP contribution < -0.4 is 10.5 Å². The van der Waals surface area contributed by atoms with Crippen LogP contribution in [-0.4, -0.2) is 9.97 Å². The first-order valence-electron chi connectivity index (χ1n) is 5.31. The number of rotatable bonds is 4. The highest BCUT2D eigenvalue weighted by Gasteiger charge is 2.02. The fourth-order valence-electron chi connectivity index (χ4n) is 1.44. The van der Waals surface area contributed by atoms with Gasteiger partial charge in [-0.3, -0.25) is 0 Å². The highest BCUT2D eigenvalue weighted by atomic mass is 35.5. The Kier molecular flexibility index (Phi) is 3.66. The van der Waals surface area contributed by atoms with Gasteiger partial charge in [-0.2, -0.15) is 0 Å². The van der Waals surface area contributed by atoms with Crippen molar-refractivity contribution in [2.24, 2.45) is 5.73 Å². The van der Waals surface area contributed by atoms with Crippen LogP contribution in [0.5, 0.6) is 5.75 Å². The first-order chi connectivity index (χ1) is 8.19. The number of halogens is 1. The third kappa shape index (κ3) is 2.99. The number of nitrogens with zero attached hydrogens (tertiary/aromatic N) is 1. The molecular formula is C12H14ClN3O. The van der Waals surface area contributed by atoms with Crippen molar-refractivity contribution in [2.45, 2.75) is 20.1 Å². The molecule has 1 aromatic heterocycles. The van der Waals surface area contributed by atoms with E-state index in [0.717, 1.165) is 27.9 Å². The van der Waals surface area contributed by atoms with Crippen molar-refractivity contribution in [2.75, 3.05) is 0 Å². The fraction of sp³-hybridized carbons (Fsp3) is 0.250. The monoisotopic (exact) mass is 251 g/mol. The molecule has 0 saturated heterocycles. The van der Waals surface area contributed by atoms with E-state index in [1.165, 1.54) is 0 Å². The molecule has 0 spiro atoms. The van der Waals surface area contributed by atoms with Crippen LogP contribution in [0, 0.1) is 6.92 Å². The molecule has 0 aliphatic rings. The van der Waals surface area contributed by atoms with Gasteiger partial charge in [-0.05, 0) is 30.7 Å². The van der Waals surface area contributed by atoms with Gasteiger partial charge < -0.3 is 15.5 Å². The summed E-state index contributed by atoms with van der Waals surface area (Å²) in [7, 11) is 0. The van der Waals surface area contributed by atoms with E-state index in [2.05, 4.69) is 9.97 Å². The van der Waals surface area contributed by atoms with Crippen molar-refractivity contribution >= 4 is 11.6 Å². The van der Waals surface area contributed by atoms with Gasteiger partial charge in [-0.1, -0.05) is 11.6 Å². The lowest BCUT2D eigenvalue weighted by Crippen LogP contribution is -2.00. The Morgan fingerprint density at radius 2 is 2.29 bits per heavy atom. The molecule has 0 saturated carbocycles. The van der Waals surface area contributed by atoms with Crippen molar-refractivity contribution in [1.82, 2.24) is 9.97 Å². The molecule has 2 rings (SSSR count). The summed E-state index contributed by atoms with van der Waals surface area (Å²) in [5.74, 6) is 1.54. The predicted octanol–water partition coefficient (Wildman–Crippen LogP) is 2.41. The van der Waals surface area contributed by atoms with Gasteiger partial charge >= 0.3 is 0 Å². The molecule has 3 N–H and O–H groups in total. The van der Waals surface area contributed by atoms with E-state index in [1.54, 1.807) is 6.20 Å². The van der Waals surface area contributed by atoms with Gasteiger partial charge in [0, 0.05) is 23.5 Å². The Morgan fingerprint density at radius 3 is 2.94 bits per heavy atom. The average molecular weight is 252 g/mol. The zero-order valence-corrected chi connectivity index (χ0v) is 10.3. The zero-order valence-electron chi connectivity index (χ0n) is 9.53. The summed E-state index contributed by atoms with van der Waals surface area (Å²) in [6, 6.07) is 5.55. The van der Waals surface area contributed by atoms with Gasteiger partial charge in [-0.15, -0.1) is 0 Å². The van der Waals surface area contributed by atoms with Crippen LogP contribution in [0.1, 0.15) is 17.1 Å². The van der Waals surface area contributed by atoms with E-state index in [0.29, 0.717) is 13.2 Å². The van der Waals surface area contributed by atoms with Crippen molar-refractivity contribution in [3.8, 4) is 5.75 Å². The maximum absolute atomic E-state index is 5.93. The van der Waals surface area contributed by atoms with Crippen molar-refractivity contribution in [3.63, 3.8) is 0 Å². The Labute approximate surface area is 105 Å². The summed E-state index contributed by atoms with van der Waals surface area (Å²) in [6.07, 6.45) is 1.71. The van der Waals surface area contributed by atoms with Crippen LogP contribution in [0.4, 0.5) is 0 Å². The topological polar surface area (TPSA) is 63.9 Å². The molecular weight excluding hydrogens is 238 g/mol. The standard InChI is InChI=1S/C12H14ClN3O/c1-8-4-10(2-3-11(8)13)17-7-12-15-6-9(5-14)16-12/h2-4,6H,5,7,14H2,1H3,(H,15,16). The highest BCUT2D eigenvalue weighted by molar-refractivity contribution is 6.31. The lowest BCUT2D eigenvalue weighted by atomic mass is 10.2. The molecule has 0 atom stereocenters. The van der Waals surface area contributed by atoms with Crippen molar-refractivity contribution < 1.29 is 4.74 Å². The normalized spacial score (nSPS) is 10.5. The molecule has 0 radical (unpaired) electrons. The molecule has 5 heteroatoms. The zero-order chi connectivity index (χ0) is 12.3. The van der Waals surface area contributed by atoms with Gasteiger partial charge in [0.2, 0.25) is 0 Å². The first kappa shape index (κ1) is 12.0. The van der Waals surface area contributed by atoms with Crippen molar-refractivity contribution in [3.05, 3.63) is 46.5 Å². The Hall–Kier alpha value is -1.52. The van der Waals surface area contributed by atoms with E-state index in [-0.39, 0.29) is 0 Å². The molecule has 0 fully saturated rings. The van der Waals surface area contributed by atoms with Crippen LogP contribution in [0.25, 0.3) is 0 Å². The fourth-order valence-corrected chi connectivity index (χ4v) is 1.56. The van der Waals surface area contributed by atoms with Crippen LogP contribution in [0.15, 0.2) is 24.4 Å². The Balaban J connectivity index is 1.99. The second-order valence-electron chi connectivity index (χ2n) is 3.76. The third-order valence-corrected chi connectivity index (χ3v) is 2.83. The van der Waals surface area contributed by atoms with Gasteiger partial charge in [0.15, 0.2) is 0 Å². The number of imidazole rings is 1. The summed E-state index contributed by atoms with van der Waals surface area (Å²) in [6.45, 7) is 2.78. The molecule has 0 bridgehead atoms. The van der Waals surface area contributed by atoms with E-state index in [1.807, 2.05) is 25.1 Å². The molecule has 90 valence electrons. The molecule has 17 heavy (non-hydrogen) atoms. The van der Waals surface area contributed by atoms with Crippen LogP contribution in [0.2, 0.25) is 5.02 Å². The van der Waals surface area contributed by atoms with Crippen LogP contribution in [-0.2, 0) is 13.2 Å². The Morgan fingerprint density at radius 1 is 1.47 bits per heavy atom. The minimum atomic E-state index is 0.390. The Bertz CT molecular complexity index is 510. The second-order valence-corrected chi connectivity index (χ2v) is 4.17. The third-order valence-electron chi connectivity index (χ3n) is 2.41. The van der Waals surface area contributed by atoms with Gasteiger partial charge in [0.25, 0.3) is 0 Å². The number of hydrogen-bond donors (Lipinski definition) is 2. The molecule has 1 heterocycles. The summed E-state index contributed by atoms with van der Waals surface area (Å²) in [4.78, 5) is 7.23. The summed E-state index contributed by atoms with van der Waals surface area (Å²) in [5.41, 5.74) is 7.37. The number of nitrogens with two attached hydrogens (primary N) is 1. The van der Waals surface area contributed by atoms with E-state index in [4.69, 9.17) is 22.1 Å². The van der Waals surface area contributed by atoms with E-state index < -0.39 is 0 Å². The molecule has 0 unspecified atom stereocenters. The first-order valence-corrected chi connectivity index (χ1v) is 5.68. The SMILES string of the molecule is Cc1cc(OCc2ncc(CN)[nH]2)ccc1Cl. The predicted molar refractivity (Wildman–Crippen MR) is 67.0 cm³/mol. The van der Waals surface area contributed by atoms with Gasteiger partial charge in [0.05, 0.1) is 0 Å². The molecule has 1 aromatic carbocycles. The quantitative estimate of drug-likeness (QED) is 0.877. The van der Waals surface area contributed by atoms with Gasteiger partial charge in [-0.25, -0.2) is 4.98 Å². The largest absolute Gasteiger partial charge is 0.486 e. The highest BCUT2D eigenvalue weighted by Crippen LogP contribution is 2.21. The molecule has 0 amide bonds. The molecule has 0 aliphatic heterocycles. The number of hydrogen-bond acceptors (Lipinski definition) is 3. The number of aryl methyl sites for hydroxylation is 1. The maximum atomic E-state index is 5.93. The molecule has 2 aromatic rings.